The lowest BCUT2D eigenvalue weighted by molar-refractivity contribution is 0.0906. The SMILES string of the molecule is CCCOc1nc(NN)nc(OC(C)(C)CC)n1. The average molecular weight is 255 g/mol. The van der Waals surface area contributed by atoms with Gasteiger partial charge in [-0.05, 0) is 26.7 Å². The first-order valence-corrected chi connectivity index (χ1v) is 6.05. The minimum atomic E-state index is -0.352. The van der Waals surface area contributed by atoms with Gasteiger partial charge >= 0.3 is 12.0 Å². The van der Waals surface area contributed by atoms with Crippen LogP contribution in [0.2, 0.25) is 0 Å². The van der Waals surface area contributed by atoms with Crippen LogP contribution in [0.15, 0.2) is 0 Å². The highest BCUT2D eigenvalue weighted by Crippen LogP contribution is 2.19. The molecule has 3 N–H and O–H groups in total. The first-order valence-electron chi connectivity index (χ1n) is 6.05. The molecule has 0 aliphatic carbocycles. The maximum absolute atomic E-state index is 5.68. The molecule has 102 valence electrons. The number of nitrogens with two attached hydrogens (primary N) is 1. The largest absolute Gasteiger partial charge is 0.463 e. The Bertz CT molecular complexity index is 384. The van der Waals surface area contributed by atoms with E-state index in [0.29, 0.717) is 6.61 Å². The number of nitrogens with zero attached hydrogens (tertiary/aromatic N) is 3. The molecule has 0 fully saturated rings. The molecular formula is C11H21N5O2. The van der Waals surface area contributed by atoms with Gasteiger partial charge in [-0.3, -0.25) is 5.43 Å². The molecule has 0 aromatic carbocycles. The highest BCUT2D eigenvalue weighted by atomic mass is 16.5. The van der Waals surface area contributed by atoms with Crippen LogP contribution >= 0.6 is 0 Å². The Balaban J connectivity index is 2.89. The summed E-state index contributed by atoms with van der Waals surface area (Å²) < 4.78 is 11.0. The lowest BCUT2D eigenvalue weighted by atomic mass is 10.1. The van der Waals surface area contributed by atoms with Gasteiger partial charge in [-0.15, -0.1) is 4.98 Å². The highest BCUT2D eigenvalue weighted by Gasteiger charge is 2.20. The van der Waals surface area contributed by atoms with E-state index in [4.69, 9.17) is 15.3 Å². The van der Waals surface area contributed by atoms with Crippen LogP contribution in [-0.4, -0.2) is 27.2 Å². The molecule has 1 rings (SSSR count). The molecule has 1 aromatic rings. The number of ether oxygens (including phenoxy) is 2. The van der Waals surface area contributed by atoms with Crippen LogP contribution in [-0.2, 0) is 0 Å². The molecule has 0 aliphatic rings. The minimum Gasteiger partial charge on any atom is -0.463 e. The van der Waals surface area contributed by atoms with E-state index in [-0.39, 0.29) is 23.6 Å². The normalized spacial score (nSPS) is 11.2. The van der Waals surface area contributed by atoms with Gasteiger partial charge in [0.15, 0.2) is 0 Å². The molecule has 0 atom stereocenters. The van der Waals surface area contributed by atoms with Gasteiger partial charge in [0.1, 0.15) is 5.60 Å². The third-order valence-electron chi connectivity index (χ3n) is 2.38. The van der Waals surface area contributed by atoms with E-state index in [1.54, 1.807) is 0 Å². The van der Waals surface area contributed by atoms with Crippen LogP contribution in [0, 0.1) is 0 Å². The predicted octanol–water partition coefficient (Wildman–Crippen LogP) is 1.51. The topological polar surface area (TPSA) is 95.2 Å². The van der Waals surface area contributed by atoms with Crippen molar-refractivity contribution in [2.75, 3.05) is 12.0 Å². The van der Waals surface area contributed by atoms with E-state index in [1.807, 2.05) is 27.7 Å². The van der Waals surface area contributed by atoms with Gasteiger partial charge in [-0.2, -0.15) is 9.97 Å². The van der Waals surface area contributed by atoms with Gasteiger partial charge in [0.2, 0.25) is 5.95 Å². The summed E-state index contributed by atoms with van der Waals surface area (Å²) in [6.45, 7) is 8.47. The molecule has 0 amide bonds. The Morgan fingerprint density at radius 1 is 1.17 bits per heavy atom. The molecule has 7 heteroatoms. The van der Waals surface area contributed by atoms with Crippen molar-refractivity contribution in [3.8, 4) is 12.0 Å². The molecule has 7 nitrogen and oxygen atoms in total. The van der Waals surface area contributed by atoms with E-state index in [2.05, 4.69) is 20.4 Å². The van der Waals surface area contributed by atoms with Gasteiger partial charge in [-0.25, -0.2) is 5.84 Å². The number of hydrogen-bond acceptors (Lipinski definition) is 7. The molecule has 0 saturated carbocycles. The summed E-state index contributed by atoms with van der Waals surface area (Å²) in [5.41, 5.74) is 2.01. The Kier molecular flexibility index (Phi) is 5.08. The van der Waals surface area contributed by atoms with Crippen LogP contribution in [0.1, 0.15) is 40.5 Å². The number of nitrogen functional groups attached to an aromatic ring is 1. The van der Waals surface area contributed by atoms with Gasteiger partial charge in [0, 0.05) is 0 Å². The number of rotatable bonds is 7. The van der Waals surface area contributed by atoms with E-state index in [1.165, 1.54) is 0 Å². The van der Waals surface area contributed by atoms with Gasteiger partial charge in [-0.1, -0.05) is 13.8 Å². The molecule has 0 saturated heterocycles. The van der Waals surface area contributed by atoms with Crippen LogP contribution in [0.3, 0.4) is 0 Å². The Hall–Kier alpha value is -1.63. The zero-order chi connectivity index (χ0) is 13.6. The monoisotopic (exact) mass is 255 g/mol. The highest BCUT2D eigenvalue weighted by molar-refractivity contribution is 5.25. The van der Waals surface area contributed by atoms with Crippen LogP contribution in [0.4, 0.5) is 5.95 Å². The zero-order valence-corrected chi connectivity index (χ0v) is 11.4. The van der Waals surface area contributed by atoms with Crippen molar-refractivity contribution in [1.29, 1.82) is 0 Å². The average Bonchev–Trinajstić information content (AvgIpc) is 2.35. The lowest BCUT2D eigenvalue weighted by Crippen LogP contribution is -2.28. The standard InChI is InChI=1S/C11H21N5O2/c1-5-7-17-9-13-8(16-12)14-10(15-9)18-11(3,4)6-2/h5-7,12H2,1-4H3,(H,13,14,15,16). The molecule has 0 spiro atoms. The van der Waals surface area contributed by atoms with Crippen molar-refractivity contribution in [2.45, 2.75) is 46.1 Å². The molecule has 1 aromatic heterocycles. The quantitative estimate of drug-likeness (QED) is 0.563. The minimum absolute atomic E-state index is 0.205. The third-order valence-corrected chi connectivity index (χ3v) is 2.38. The summed E-state index contributed by atoms with van der Waals surface area (Å²) in [5.74, 6) is 5.52. The van der Waals surface area contributed by atoms with Crippen molar-refractivity contribution in [1.82, 2.24) is 15.0 Å². The van der Waals surface area contributed by atoms with E-state index < -0.39 is 0 Å². The third kappa shape index (κ3) is 4.33. The fourth-order valence-electron chi connectivity index (χ4n) is 1.03. The van der Waals surface area contributed by atoms with Crippen LogP contribution in [0.25, 0.3) is 0 Å². The van der Waals surface area contributed by atoms with E-state index in [9.17, 15) is 0 Å². The summed E-state index contributed by atoms with van der Waals surface area (Å²) in [4.78, 5) is 12.1. The second-order valence-corrected chi connectivity index (χ2v) is 4.43. The van der Waals surface area contributed by atoms with Crippen LogP contribution in [0.5, 0.6) is 12.0 Å². The van der Waals surface area contributed by atoms with Crippen molar-refractivity contribution >= 4 is 5.95 Å². The van der Waals surface area contributed by atoms with Crippen molar-refractivity contribution in [2.24, 2.45) is 5.84 Å². The summed E-state index contributed by atoms with van der Waals surface area (Å²) >= 11 is 0. The van der Waals surface area contributed by atoms with Crippen molar-refractivity contribution < 1.29 is 9.47 Å². The van der Waals surface area contributed by atoms with Crippen molar-refractivity contribution in [3.63, 3.8) is 0 Å². The zero-order valence-electron chi connectivity index (χ0n) is 11.4. The fraction of sp³-hybridized carbons (Fsp3) is 0.727. The van der Waals surface area contributed by atoms with E-state index in [0.717, 1.165) is 12.8 Å². The smallest absolute Gasteiger partial charge is 0.325 e. The second-order valence-electron chi connectivity index (χ2n) is 4.43. The van der Waals surface area contributed by atoms with Crippen LogP contribution < -0.4 is 20.7 Å². The number of hydrazine groups is 1. The number of aromatic nitrogens is 3. The summed E-state index contributed by atoms with van der Waals surface area (Å²) in [5, 5.41) is 0. The second kappa shape index (κ2) is 6.34. The number of hydrogen-bond donors (Lipinski definition) is 2. The Morgan fingerprint density at radius 2 is 1.83 bits per heavy atom. The molecule has 0 aliphatic heterocycles. The predicted molar refractivity (Wildman–Crippen MR) is 68.4 cm³/mol. The van der Waals surface area contributed by atoms with Crippen molar-refractivity contribution in [3.05, 3.63) is 0 Å². The Labute approximate surface area is 107 Å². The van der Waals surface area contributed by atoms with Gasteiger partial charge in [0.05, 0.1) is 6.61 Å². The number of anilines is 1. The maximum Gasteiger partial charge on any atom is 0.325 e. The van der Waals surface area contributed by atoms with Gasteiger partial charge < -0.3 is 9.47 Å². The molecular weight excluding hydrogens is 234 g/mol. The first-order chi connectivity index (χ1) is 8.50. The number of nitrogens with one attached hydrogen (secondary N) is 1. The molecule has 0 unspecified atom stereocenters. The molecule has 18 heavy (non-hydrogen) atoms. The summed E-state index contributed by atoms with van der Waals surface area (Å²) in [6.07, 6.45) is 1.70. The maximum atomic E-state index is 5.68. The van der Waals surface area contributed by atoms with Gasteiger partial charge in [0.25, 0.3) is 0 Å². The Morgan fingerprint density at radius 3 is 2.39 bits per heavy atom. The summed E-state index contributed by atoms with van der Waals surface area (Å²) in [7, 11) is 0. The lowest BCUT2D eigenvalue weighted by Gasteiger charge is -2.23. The summed E-state index contributed by atoms with van der Waals surface area (Å²) in [6, 6.07) is 0.414. The molecule has 0 radical (unpaired) electrons. The molecule has 1 heterocycles. The molecule has 0 bridgehead atoms. The first kappa shape index (κ1) is 14.4. The fourth-order valence-corrected chi connectivity index (χ4v) is 1.03. The van der Waals surface area contributed by atoms with E-state index >= 15 is 0 Å².